The fourth-order valence-electron chi connectivity index (χ4n) is 1.82. The largest absolute Gasteiger partial charge is 0.478 e. The van der Waals surface area contributed by atoms with E-state index in [-0.39, 0.29) is 11.4 Å². The van der Waals surface area contributed by atoms with E-state index in [9.17, 15) is 30.8 Å². The lowest BCUT2D eigenvalue weighted by molar-refractivity contribution is -0.0498. The predicted octanol–water partition coefficient (Wildman–Crippen LogP) is 3.07. The first-order valence-corrected chi connectivity index (χ1v) is 7.88. The zero-order valence-electron chi connectivity index (χ0n) is 12.0. The van der Waals surface area contributed by atoms with Crippen LogP contribution in [-0.4, -0.2) is 26.1 Å². The van der Waals surface area contributed by atoms with Crippen molar-refractivity contribution in [1.82, 2.24) is 0 Å². The smallest absolute Gasteiger partial charge is 0.387 e. The molecule has 0 spiro atoms. The molecule has 0 aliphatic carbocycles. The SMILES string of the molecule is O=C(O)c1cc(S(=O)(=O)Nc2cccc(OC(F)F)c2)cc(F)c1F. The van der Waals surface area contributed by atoms with E-state index in [1.807, 2.05) is 4.72 Å². The monoisotopic (exact) mass is 379 g/mol. The number of hydrogen-bond acceptors (Lipinski definition) is 4. The summed E-state index contributed by atoms with van der Waals surface area (Å²) in [6.07, 6.45) is 0. The fourth-order valence-corrected chi connectivity index (χ4v) is 2.91. The van der Waals surface area contributed by atoms with Crippen LogP contribution >= 0.6 is 0 Å². The van der Waals surface area contributed by atoms with E-state index in [1.54, 1.807) is 0 Å². The molecule has 0 aliphatic rings. The van der Waals surface area contributed by atoms with Crippen molar-refractivity contribution in [3.05, 3.63) is 53.6 Å². The molecule has 0 aliphatic heterocycles. The summed E-state index contributed by atoms with van der Waals surface area (Å²) in [4.78, 5) is 9.99. The Labute approximate surface area is 138 Å². The molecule has 25 heavy (non-hydrogen) atoms. The number of rotatable bonds is 6. The average molecular weight is 379 g/mol. The Morgan fingerprint density at radius 3 is 2.44 bits per heavy atom. The summed E-state index contributed by atoms with van der Waals surface area (Å²) in [6, 6.07) is 5.20. The summed E-state index contributed by atoms with van der Waals surface area (Å²) in [7, 11) is -4.52. The number of halogens is 4. The molecule has 6 nitrogen and oxygen atoms in total. The van der Waals surface area contributed by atoms with E-state index >= 15 is 0 Å². The molecule has 2 rings (SSSR count). The Morgan fingerprint density at radius 1 is 1.16 bits per heavy atom. The second-order valence-corrected chi connectivity index (χ2v) is 6.27. The number of aromatic carboxylic acids is 1. The average Bonchev–Trinajstić information content (AvgIpc) is 2.48. The first kappa shape index (κ1) is 18.5. The molecule has 0 fully saturated rings. The van der Waals surface area contributed by atoms with E-state index in [0.717, 1.165) is 12.1 Å². The zero-order valence-corrected chi connectivity index (χ0v) is 12.9. The molecule has 0 radical (unpaired) electrons. The molecule has 2 N–H and O–H groups in total. The van der Waals surface area contributed by atoms with Crippen molar-refractivity contribution in [3.63, 3.8) is 0 Å². The molecule has 0 unspecified atom stereocenters. The van der Waals surface area contributed by atoms with Gasteiger partial charge in [0, 0.05) is 6.07 Å². The Balaban J connectivity index is 2.39. The first-order chi connectivity index (χ1) is 11.6. The second-order valence-electron chi connectivity index (χ2n) is 4.58. The van der Waals surface area contributed by atoms with Gasteiger partial charge < -0.3 is 9.84 Å². The molecule has 0 bridgehead atoms. The van der Waals surface area contributed by atoms with Crippen LogP contribution in [0.4, 0.5) is 23.2 Å². The number of benzene rings is 2. The second kappa shape index (κ2) is 6.97. The first-order valence-electron chi connectivity index (χ1n) is 6.40. The minimum atomic E-state index is -4.52. The highest BCUT2D eigenvalue weighted by molar-refractivity contribution is 7.92. The van der Waals surface area contributed by atoms with Crippen molar-refractivity contribution in [1.29, 1.82) is 0 Å². The summed E-state index contributed by atoms with van der Waals surface area (Å²) >= 11 is 0. The van der Waals surface area contributed by atoms with E-state index in [4.69, 9.17) is 5.11 Å². The van der Waals surface area contributed by atoms with Crippen molar-refractivity contribution in [2.75, 3.05) is 4.72 Å². The number of alkyl halides is 2. The third-order valence-electron chi connectivity index (χ3n) is 2.85. The van der Waals surface area contributed by atoms with Gasteiger partial charge in [-0.1, -0.05) is 6.07 Å². The Morgan fingerprint density at radius 2 is 1.84 bits per heavy atom. The number of nitrogens with one attached hydrogen (secondary N) is 1. The van der Waals surface area contributed by atoms with Gasteiger partial charge >= 0.3 is 12.6 Å². The van der Waals surface area contributed by atoms with Gasteiger partial charge in [-0.25, -0.2) is 22.0 Å². The molecule has 2 aromatic rings. The Kier molecular flexibility index (Phi) is 5.16. The van der Waals surface area contributed by atoms with Crippen molar-refractivity contribution in [2.24, 2.45) is 0 Å². The molecule has 0 atom stereocenters. The van der Waals surface area contributed by atoms with E-state index in [1.165, 1.54) is 12.1 Å². The lowest BCUT2D eigenvalue weighted by atomic mass is 10.2. The molecule has 0 amide bonds. The lowest BCUT2D eigenvalue weighted by Gasteiger charge is -2.11. The van der Waals surface area contributed by atoms with Gasteiger partial charge in [0.2, 0.25) is 0 Å². The quantitative estimate of drug-likeness (QED) is 0.753. The highest BCUT2D eigenvalue weighted by Gasteiger charge is 2.23. The van der Waals surface area contributed by atoms with Crippen LogP contribution in [0.5, 0.6) is 5.75 Å². The number of carboxylic acid groups (broad SMARTS) is 1. The van der Waals surface area contributed by atoms with Gasteiger partial charge in [0.15, 0.2) is 11.6 Å². The van der Waals surface area contributed by atoms with Crippen LogP contribution in [0.3, 0.4) is 0 Å². The molecule has 0 heterocycles. The highest BCUT2D eigenvalue weighted by Crippen LogP contribution is 2.24. The number of ether oxygens (including phenoxy) is 1. The van der Waals surface area contributed by atoms with Gasteiger partial charge in [-0.15, -0.1) is 0 Å². The summed E-state index contributed by atoms with van der Waals surface area (Å²) in [5.74, 6) is -5.58. The third kappa shape index (κ3) is 4.38. The zero-order chi connectivity index (χ0) is 18.8. The number of sulfonamides is 1. The number of carbonyl (C=O) groups is 1. The lowest BCUT2D eigenvalue weighted by Crippen LogP contribution is -2.15. The molecule has 0 saturated carbocycles. The topological polar surface area (TPSA) is 92.7 Å². The van der Waals surface area contributed by atoms with E-state index in [2.05, 4.69) is 4.74 Å². The fraction of sp³-hybridized carbons (Fsp3) is 0.0714. The summed E-state index contributed by atoms with van der Waals surface area (Å²) < 4.78 is 81.5. The maximum Gasteiger partial charge on any atom is 0.387 e. The normalized spacial score (nSPS) is 11.4. The van der Waals surface area contributed by atoms with Gasteiger partial charge in [-0.2, -0.15) is 8.78 Å². The minimum absolute atomic E-state index is 0.209. The number of carboxylic acids is 1. The van der Waals surface area contributed by atoms with Crippen molar-refractivity contribution in [3.8, 4) is 5.75 Å². The predicted molar refractivity (Wildman–Crippen MR) is 77.2 cm³/mol. The van der Waals surface area contributed by atoms with Crippen molar-refractivity contribution < 1.29 is 40.6 Å². The molecular formula is C14H9F4NO5S. The number of hydrogen-bond donors (Lipinski definition) is 2. The van der Waals surface area contributed by atoms with E-state index < -0.39 is 44.7 Å². The maximum absolute atomic E-state index is 13.4. The van der Waals surface area contributed by atoms with Crippen LogP contribution in [0, 0.1) is 11.6 Å². The Bertz CT molecular complexity index is 917. The summed E-state index contributed by atoms with van der Waals surface area (Å²) in [6.45, 7) is -3.13. The molecule has 2 aromatic carbocycles. The van der Waals surface area contributed by atoms with Gasteiger partial charge in [-0.05, 0) is 24.3 Å². The van der Waals surface area contributed by atoms with Crippen LogP contribution < -0.4 is 9.46 Å². The van der Waals surface area contributed by atoms with Crippen LogP contribution in [0.2, 0.25) is 0 Å². The Hall–Kier alpha value is -2.82. The molecule has 11 heteroatoms. The minimum Gasteiger partial charge on any atom is -0.478 e. The van der Waals surface area contributed by atoms with Crippen molar-refractivity contribution in [2.45, 2.75) is 11.5 Å². The van der Waals surface area contributed by atoms with Gasteiger partial charge in [0.25, 0.3) is 10.0 Å². The van der Waals surface area contributed by atoms with Gasteiger partial charge in [-0.3, -0.25) is 4.72 Å². The van der Waals surface area contributed by atoms with E-state index in [0.29, 0.717) is 12.1 Å². The van der Waals surface area contributed by atoms with Crippen LogP contribution in [0.25, 0.3) is 0 Å². The number of anilines is 1. The molecule has 0 aromatic heterocycles. The van der Waals surface area contributed by atoms with Gasteiger partial charge in [0.05, 0.1) is 16.1 Å². The summed E-state index contributed by atoms with van der Waals surface area (Å²) in [5.41, 5.74) is -1.38. The standard InChI is InChI=1S/C14H9F4NO5S/c15-11-6-9(5-10(12(11)16)13(20)21)25(22,23)19-7-2-1-3-8(4-7)24-14(17)18/h1-6,14,19H,(H,20,21). The van der Waals surface area contributed by atoms with Gasteiger partial charge in [0.1, 0.15) is 5.75 Å². The molecule has 134 valence electrons. The van der Waals surface area contributed by atoms with Crippen LogP contribution in [0.1, 0.15) is 10.4 Å². The highest BCUT2D eigenvalue weighted by atomic mass is 32.2. The van der Waals surface area contributed by atoms with Crippen LogP contribution in [-0.2, 0) is 10.0 Å². The molecule has 0 saturated heterocycles. The third-order valence-corrected chi connectivity index (χ3v) is 4.21. The molecular weight excluding hydrogens is 370 g/mol. The maximum atomic E-state index is 13.4. The summed E-state index contributed by atoms with van der Waals surface area (Å²) in [5, 5.41) is 8.78. The van der Waals surface area contributed by atoms with Crippen molar-refractivity contribution >= 4 is 21.7 Å². The van der Waals surface area contributed by atoms with Crippen LogP contribution in [0.15, 0.2) is 41.3 Å².